The van der Waals surface area contributed by atoms with E-state index in [-0.39, 0.29) is 0 Å². The molecule has 25 heavy (non-hydrogen) atoms. The van der Waals surface area contributed by atoms with Crippen molar-refractivity contribution in [1.82, 2.24) is 9.21 Å². The van der Waals surface area contributed by atoms with Gasteiger partial charge in [0.2, 0.25) is 0 Å². The highest BCUT2D eigenvalue weighted by Gasteiger charge is 2.31. The van der Waals surface area contributed by atoms with E-state index in [1.165, 1.54) is 37.9 Å². The van der Waals surface area contributed by atoms with Gasteiger partial charge in [-0.05, 0) is 38.0 Å². The molecule has 0 radical (unpaired) electrons. The lowest BCUT2D eigenvalue weighted by Crippen LogP contribution is -2.45. The van der Waals surface area contributed by atoms with E-state index in [0.717, 1.165) is 38.8 Å². The Labute approximate surface area is 159 Å². The average molecular weight is 370 g/mol. The molecular weight excluding hydrogens is 330 g/mol. The van der Waals surface area contributed by atoms with Crippen molar-refractivity contribution >= 4 is 11.9 Å². The van der Waals surface area contributed by atoms with Crippen molar-refractivity contribution in [2.24, 2.45) is 17.6 Å². The lowest BCUT2D eigenvalue weighted by Gasteiger charge is -2.41. The van der Waals surface area contributed by atoms with Gasteiger partial charge in [-0.15, -0.1) is 0 Å². The van der Waals surface area contributed by atoms with Crippen molar-refractivity contribution in [3.05, 3.63) is 11.6 Å². The number of piperidine rings is 1. The fraction of sp³-hybridized carbons (Fsp3) is 0.900. The Kier molecular flexibility index (Phi) is 9.28. The van der Waals surface area contributed by atoms with Gasteiger partial charge in [-0.25, -0.2) is 4.31 Å². The van der Waals surface area contributed by atoms with Crippen LogP contribution < -0.4 is 5.73 Å². The van der Waals surface area contributed by atoms with Gasteiger partial charge in [0.15, 0.2) is 0 Å². The van der Waals surface area contributed by atoms with E-state index in [4.69, 9.17) is 10.5 Å². The Morgan fingerprint density at radius 1 is 1.28 bits per heavy atom. The van der Waals surface area contributed by atoms with Gasteiger partial charge >= 0.3 is 0 Å². The van der Waals surface area contributed by atoms with Crippen molar-refractivity contribution in [3.8, 4) is 0 Å². The maximum absolute atomic E-state index is 6.10. The van der Waals surface area contributed by atoms with Crippen molar-refractivity contribution < 1.29 is 4.74 Å². The molecule has 2 aliphatic heterocycles. The first kappa shape index (κ1) is 21.2. The zero-order chi connectivity index (χ0) is 18.2. The number of nitrogens with two attached hydrogens (primary N) is 1. The Morgan fingerprint density at radius 3 is 2.60 bits per heavy atom. The van der Waals surface area contributed by atoms with E-state index in [1.54, 1.807) is 0 Å². The predicted molar refractivity (Wildman–Crippen MR) is 110 cm³/mol. The zero-order valence-electron chi connectivity index (χ0n) is 16.7. The quantitative estimate of drug-likeness (QED) is 0.525. The molecule has 0 aromatic rings. The van der Waals surface area contributed by atoms with Gasteiger partial charge in [0.05, 0.1) is 18.5 Å². The van der Waals surface area contributed by atoms with Crippen LogP contribution in [0.1, 0.15) is 47.0 Å². The largest absolute Gasteiger partial charge is 0.379 e. The van der Waals surface area contributed by atoms with Crippen molar-refractivity contribution in [2.75, 3.05) is 45.9 Å². The third kappa shape index (κ3) is 6.87. The molecule has 0 saturated carbocycles. The minimum atomic E-state index is 0.423. The van der Waals surface area contributed by atoms with Crippen LogP contribution in [0.5, 0.6) is 0 Å². The summed E-state index contributed by atoms with van der Waals surface area (Å²) in [5, 5.41) is 0.423. The monoisotopic (exact) mass is 369 g/mol. The summed E-state index contributed by atoms with van der Waals surface area (Å²) in [5.41, 5.74) is 7.54. The summed E-state index contributed by atoms with van der Waals surface area (Å²) in [4.78, 5) is 2.60. The second-order valence-corrected chi connectivity index (χ2v) is 9.24. The molecule has 3 atom stereocenters. The number of ether oxygens (including phenoxy) is 1. The summed E-state index contributed by atoms with van der Waals surface area (Å²) in [7, 11) is 0. The standard InChI is InChI=1S/C20H39N3OS/c1-5-19-13-18(15-22-8-10-24-11-9-22)6-7-23(19)25-20(14-21)17(4)12-16(2)3/h12,16,18-20H,5-11,13-15,21H2,1-4H3/b17-12-/t18?,19-,20?/m0/s1. The van der Waals surface area contributed by atoms with Crippen LogP contribution in [0.15, 0.2) is 11.6 Å². The Morgan fingerprint density at radius 2 is 2.00 bits per heavy atom. The maximum atomic E-state index is 6.10. The summed E-state index contributed by atoms with van der Waals surface area (Å²) >= 11 is 2.00. The van der Waals surface area contributed by atoms with E-state index in [2.05, 4.69) is 43.0 Å². The molecule has 2 fully saturated rings. The van der Waals surface area contributed by atoms with Crippen LogP contribution in [0.25, 0.3) is 0 Å². The first-order chi connectivity index (χ1) is 12.0. The molecule has 0 amide bonds. The normalized spacial score (nSPS) is 28.5. The highest BCUT2D eigenvalue weighted by molar-refractivity contribution is 7.97. The number of nitrogens with zero attached hydrogens (tertiary/aromatic N) is 2. The lowest BCUT2D eigenvalue weighted by atomic mass is 9.90. The van der Waals surface area contributed by atoms with Gasteiger partial charge < -0.3 is 10.5 Å². The highest BCUT2D eigenvalue weighted by atomic mass is 32.2. The van der Waals surface area contributed by atoms with Crippen LogP contribution >= 0.6 is 11.9 Å². The van der Waals surface area contributed by atoms with Crippen molar-refractivity contribution in [2.45, 2.75) is 58.2 Å². The SMILES string of the molecule is CC[C@H]1CC(CN2CCOCC2)CCN1SC(CN)/C(C)=C\C(C)C. The van der Waals surface area contributed by atoms with Crippen LogP contribution in [0.3, 0.4) is 0 Å². The topological polar surface area (TPSA) is 41.7 Å². The second-order valence-electron chi connectivity index (χ2n) is 7.99. The summed E-state index contributed by atoms with van der Waals surface area (Å²) < 4.78 is 8.13. The molecule has 0 bridgehead atoms. The molecule has 0 spiro atoms. The number of morpholine rings is 1. The lowest BCUT2D eigenvalue weighted by molar-refractivity contribution is 0.0243. The Hall–Kier alpha value is -0.0700. The van der Waals surface area contributed by atoms with Crippen LogP contribution in [-0.2, 0) is 4.74 Å². The molecule has 2 aliphatic rings. The van der Waals surface area contributed by atoms with Gasteiger partial charge in [0.1, 0.15) is 0 Å². The second kappa shape index (κ2) is 10.9. The van der Waals surface area contributed by atoms with Crippen LogP contribution in [0.2, 0.25) is 0 Å². The molecule has 0 aromatic heterocycles. The fourth-order valence-corrected chi connectivity index (χ4v) is 5.32. The predicted octanol–water partition coefficient (Wildman–Crippen LogP) is 3.39. The minimum Gasteiger partial charge on any atom is -0.379 e. The van der Waals surface area contributed by atoms with Crippen LogP contribution in [0, 0.1) is 11.8 Å². The van der Waals surface area contributed by atoms with Gasteiger partial charge in [-0.2, -0.15) is 0 Å². The molecule has 2 rings (SSSR count). The van der Waals surface area contributed by atoms with E-state index >= 15 is 0 Å². The molecule has 4 nitrogen and oxygen atoms in total. The Bertz CT molecular complexity index is 410. The third-order valence-electron chi connectivity index (χ3n) is 5.44. The number of hydrogen-bond acceptors (Lipinski definition) is 5. The molecule has 2 heterocycles. The van der Waals surface area contributed by atoms with Gasteiger partial charge in [0, 0.05) is 38.8 Å². The molecule has 0 aliphatic carbocycles. The van der Waals surface area contributed by atoms with E-state index in [0.29, 0.717) is 17.2 Å². The maximum Gasteiger partial charge on any atom is 0.0594 e. The number of hydrogen-bond donors (Lipinski definition) is 1. The van der Waals surface area contributed by atoms with E-state index < -0.39 is 0 Å². The van der Waals surface area contributed by atoms with Crippen LogP contribution in [0.4, 0.5) is 0 Å². The smallest absolute Gasteiger partial charge is 0.0594 e. The van der Waals surface area contributed by atoms with Gasteiger partial charge in [0.25, 0.3) is 0 Å². The molecule has 5 heteroatoms. The van der Waals surface area contributed by atoms with Crippen LogP contribution in [-0.4, -0.2) is 66.4 Å². The summed E-state index contributed by atoms with van der Waals surface area (Å²) in [5.74, 6) is 1.43. The molecule has 2 N–H and O–H groups in total. The van der Waals surface area contributed by atoms with Gasteiger partial charge in [-0.1, -0.05) is 44.4 Å². The first-order valence-electron chi connectivity index (χ1n) is 10.1. The molecule has 2 saturated heterocycles. The summed E-state index contributed by atoms with van der Waals surface area (Å²) in [6.07, 6.45) is 6.24. The first-order valence-corrected chi connectivity index (χ1v) is 11.0. The van der Waals surface area contributed by atoms with E-state index in [1.807, 2.05) is 11.9 Å². The van der Waals surface area contributed by atoms with E-state index in [9.17, 15) is 0 Å². The molecular formula is C20H39N3OS. The summed E-state index contributed by atoms with van der Waals surface area (Å²) in [6.45, 7) is 16.3. The molecule has 0 aromatic carbocycles. The van der Waals surface area contributed by atoms with Gasteiger partial charge in [-0.3, -0.25) is 4.90 Å². The number of rotatable bonds is 8. The number of allylic oxidation sites excluding steroid dienone is 1. The highest BCUT2D eigenvalue weighted by Crippen LogP contribution is 2.34. The molecule has 2 unspecified atom stereocenters. The third-order valence-corrected chi connectivity index (χ3v) is 7.01. The Balaban J connectivity index is 1.87. The zero-order valence-corrected chi connectivity index (χ0v) is 17.6. The minimum absolute atomic E-state index is 0.423. The average Bonchev–Trinajstić information content (AvgIpc) is 2.60. The fourth-order valence-electron chi connectivity index (χ4n) is 4.04. The summed E-state index contributed by atoms with van der Waals surface area (Å²) in [6, 6.07) is 0.686. The molecule has 146 valence electrons. The van der Waals surface area contributed by atoms with Crippen molar-refractivity contribution in [3.63, 3.8) is 0 Å². The van der Waals surface area contributed by atoms with Crippen molar-refractivity contribution in [1.29, 1.82) is 0 Å².